The molecule has 3 aromatic rings. The number of para-hydroxylation sites is 1. The van der Waals surface area contributed by atoms with E-state index in [1.807, 2.05) is 50.2 Å². The molecule has 0 aromatic heterocycles. The van der Waals surface area contributed by atoms with Crippen LogP contribution in [0.3, 0.4) is 0 Å². The fourth-order valence-corrected chi connectivity index (χ4v) is 3.06. The van der Waals surface area contributed by atoms with Crippen LogP contribution in [0.2, 0.25) is 0 Å². The highest BCUT2D eigenvalue weighted by Crippen LogP contribution is 2.25. The zero-order chi connectivity index (χ0) is 17.9. The summed E-state index contributed by atoms with van der Waals surface area (Å²) in [4.78, 5) is 12.6. The molecule has 0 unspecified atom stereocenters. The van der Waals surface area contributed by atoms with Crippen molar-refractivity contribution in [2.45, 2.75) is 25.8 Å². The van der Waals surface area contributed by atoms with Crippen LogP contribution in [0.1, 0.15) is 25.0 Å². The maximum atomic E-state index is 12.6. The lowest BCUT2D eigenvalue weighted by Crippen LogP contribution is -2.41. The van der Waals surface area contributed by atoms with Gasteiger partial charge in [0.05, 0.1) is 19.1 Å². The fraction of sp³-hybridized carbons (Fsp3) is 0.227. The number of amides is 1. The Morgan fingerprint density at radius 1 is 0.960 bits per heavy atom. The highest BCUT2D eigenvalue weighted by atomic mass is 16.5. The molecule has 0 saturated heterocycles. The summed E-state index contributed by atoms with van der Waals surface area (Å²) in [7, 11) is 1.62. The van der Waals surface area contributed by atoms with Gasteiger partial charge in [0, 0.05) is 5.56 Å². The number of ether oxygens (including phenoxy) is 1. The predicted octanol–water partition coefficient (Wildman–Crippen LogP) is 4.44. The Hall–Kier alpha value is -2.81. The van der Waals surface area contributed by atoms with Crippen LogP contribution < -0.4 is 10.1 Å². The van der Waals surface area contributed by atoms with Crippen molar-refractivity contribution < 1.29 is 9.53 Å². The van der Waals surface area contributed by atoms with E-state index < -0.39 is 5.54 Å². The van der Waals surface area contributed by atoms with Gasteiger partial charge in [-0.2, -0.15) is 0 Å². The Morgan fingerprint density at radius 2 is 1.64 bits per heavy atom. The Morgan fingerprint density at radius 3 is 2.40 bits per heavy atom. The maximum absolute atomic E-state index is 12.6. The molecule has 128 valence electrons. The number of hydrogen-bond acceptors (Lipinski definition) is 2. The Labute approximate surface area is 148 Å². The van der Waals surface area contributed by atoms with E-state index in [1.165, 1.54) is 10.8 Å². The van der Waals surface area contributed by atoms with Crippen molar-refractivity contribution in [2.75, 3.05) is 7.11 Å². The molecule has 0 radical (unpaired) electrons. The lowest BCUT2D eigenvalue weighted by atomic mass is 9.91. The SMILES string of the molecule is COc1ccccc1CC(=O)NC(C)(C)c1ccc2ccccc2c1. The lowest BCUT2D eigenvalue weighted by Gasteiger charge is -2.27. The highest BCUT2D eigenvalue weighted by Gasteiger charge is 2.23. The molecule has 3 aromatic carbocycles. The van der Waals surface area contributed by atoms with Crippen LogP contribution in [0.15, 0.2) is 66.7 Å². The largest absolute Gasteiger partial charge is 0.496 e. The molecule has 3 rings (SSSR count). The van der Waals surface area contributed by atoms with Gasteiger partial charge in [-0.05, 0) is 42.3 Å². The van der Waals surface area contributed by atoms with Crippen molar-refractivity contribution in [1.29, 1.82) is 0 Å². The molecular formula is C22H23NO2. The van der Waals surface area contributed by atoms with Gasteiger partial charge in [-0.15, -0.1) is 0 Å². The first-order chi connectivity index (χ1) is 12.0. The molecule has 0 bridgehead atoms. The van der Waals surface area contributed by atoms with Crippen molar-refractivity contribution in [3.63, 3.8) is 0 Å². The van der Waals surface area contributed by atoms with E-state index in [2.05, 4.69) is 35.6 Å². The molecule has 0 spiro atoms. The minimum atomic E-state index is -0.455. The molecule has 0 aliphatic carbocycles. The summed E-state index contributed by atoms with van der Waals surface area (Å²) in [6.07, 6.45) is 0.293. The summed E-state index contributed by atoms with van der Waals surface area (Å²) in [6, 6.07) is 22.2. The maximum Gasteiger partial charge on any atom is 0.225 e. The first kappa shape index (κ1) is 17.0. The van der Waals surface area contributed by atoms with Gasteiger partial charge in [0.25, 0.3) is 0 Å². The fourth-order valence-electron chi connectivity index (χ4n) is 3.06. The molecule has 0 atom stereocenters. The van der Waals surface area contributed by atoms with Gasteiger partial charge >= 0.3 is 0 Å². The molecule has 0 saturated carbocycles. The van der Waals surface area contributed by atoms with E-state index in [9.17, 15) is 4.79 Å². The monoisotopic (exact) mass is 333 g/mol. The van der Waals surface area contributed by atoms with Crippen molar-refractivity contribution in [2.24, 2.45) is 0 Å². The zero-order valence-electron chi connectivity index (χ0n) is 14.9. The van der Waals surface area contributed by atoms with E-state index in [0.717, 1.165) is 16.9 Å². The minimum absolute atomic E-state index is 0.0253. The van der Waals surface area contributed by atoms with Crippen LogP contribution in [-0.2, 0) is 16.8 Å². The molecule has 1 amide bonds. The van der Waals surface area contributed by atoms with Gasteiger partial charge in [-0.25, -0.2) is 0 Å². The third kappa shape index (κ3) is 3.82. The standard InChI is InChI=1S/C22H23NO2/c1-22(2,19-13-12-16-8-4-5-9-17(16)14-19)23-21(24)15-18-10-6-7-11-20(18)25-3/h4-14H,15H2,1-3H3,(H,23,24). The van der Waals surface area contributed by atoms with Crippen molar-refractivity contribution >= 4 is 16.7 Å². The van der Waals surface area contributed by atoms with Gasteiger partial charge in [-0.3, -0.25) is 4.79 Å². The molecule has 25 heavy (non-hydrogen) atoms. The van der Waals surface area contributed by atoms with Crippen LogP contribution in [0.5, 0.6) is 5.75 Å². The van der Waals surface area contributed by atoms with Crippen LogP contribution >= 0.6 is 0 Å². The Bertz CT molecular complexity index is 899. The average molecular weight is 333 g/mol. The van der Waals surface area contributed by atoms with Gasteiger partial charge < -0.3 is 10.1 Å². The van der Waals surface area contributed by atoms with Gasteiger partial charge in [0.15, 0.2) is 0 Å². The first-order valence-electron chi connectivity index (χ1n) is 8.42. The van der Waals surface area contributed by atoms with Crippen LogP contribution in [0.25, 0.3) is 10.8 Å². The van der Waals surface area contributed by atoms with Gasteiger partial charge in [0.2, 0.25) is 5.91 Å². The van der Waals surface area contributed by atoms with E-state index in [1.54, 1.807) is 7.11 Å². The lowest BCUT2D eigenvalue weighted by molar-refractivity contribution is -0.122. The van der Waals surface area contributed by atoms with Gasteiger partial charge in [-0.1, -0.05) is 54.6 Å². The van der Waals surface area contributed by atoms with Crippen molar-refractivity contribution in [3.05, 3.63) is 77.9 Å². The van der Waals surface area contributed by atoms with Crippen LogP contribution in [-0.4, -0.2) is 13.0 Å². The smallest absolute Gasteiger partial charge is 0.225 e. The van der Waals surface area contributed by atoms with E-state index in [-0.39, 0.29) is 5.91 Å². The number of rotatable bonds is 5. The summed E-state index contributed by atoms with van der Waals surface area (Å²) in [5.74, 6) is 0.712. The number of carbonyl (C=O) groups is 1. The molecule has 0 aliphatic heterocycles. The summed E-state index contributed by atoms with van der Waals surface area (Å²) in [5, 5.41) is 5.51. The molecule has 0 aliphatic rings. The summed E-state index contributed by atoms with van der Waals surface area (Å²) < 4.78 is 5.33. The van der Waals surface area contributed by atoms with Crippen molar-refractivity contribution in [3.8, 4) is 5.75 Å². The third-order valence-corrected chi connectivity index (χ3v) is 4.47. The third-order valence-electron chi connectivity index (χ3n) is 4.47. The minimum Gasteiger partial charge on any atom is -0.496 e. The zero-order valence-corrected chi connectivity index (χ0v) is 14.9. The molecular weight excluding hydrogens is 310 g/mol. The summed E-state index contributed by atoms with van der Waals surface area (Å²) in [6.45, 7) is 4.05. The van der Waals surface area contributed by atoms with E-state index >= 15 is 0 Å². The van der Waals surface area contributed by atoms with Gasteiger partial charge in [0.1, 0.15) is 5.75 Å². The van der Waals surface area contributed by atoms with E-state index in [4.69, 9.17) is 4.74 Å². The van der Waals surface area contributed by atoms with E-state index in [0.29, 0.717) is 6.42 Å². The number of hydrogen-bond donors (Lipinski definition) is 1. The number of benzene rings is 3. The Kier molecular flexibility index (Phi) is 4.75. The molecule has 0 heterocycles. The van der Waals surface area contributed by atoms with Crippen LogP contribution in [0.4, 0.5) is 0 Å². The number of nitrogens with one attached hydrogen (secondary N) is 1. The van der Waals surface area contributed by atoms with Crippen LogP contribution in [0, 0.1) is 0 Å². The first-order valence-corrected chi connectivity index (χ1v) is 8.42. The second-order valence-corrected chi connectivity index (χ2v) is 6.72. The number of fused-ring (bicyclic) bond motifs is 1. The summed E-state index contributed by atoms with van der Waals surface area (Å²) >= 11 is 0. The second-order valence-electron chi connectivity index (χ2n) is 6.72. The quantitative estimate of drug-likeness (QED) is 0.749. The normalized spacial score (nSPS) is 11.3. The van der Waals surface area contributed by atoms with Crippen molar-refractivity contribution in [1.82, 2.24) is 5.32 Å². The highest BCUT2D eigenvalue weighted by molar-refractivity contribution is 5.84. The summed E-state index contributed by atoms with van der Waals surface area (Å²) in [5.41, 5.74) is 1.51. The molecule has 1 N–H and O–H groups in total. The second kappa shape index (κ2) is 6.98. The average Bonchev–Trinajstić information content (AvgIpc) is 2.61. The number of methoxy groups -OCH3 is 1. The predicted molar refractivity (Wildman–Crippen MR) is 102 cm³/mol. The molecule has 3 heteroatoms. The molecule has 0 fully saturated rings. The molecule has 3 nitrogen and oxygen atoms in total. The topological polar surface area (TPSA) is 38.3 Å². The number of carbonyl (C=O) groups excluding carboxylic acids is 1. The Balaban J connectivity index is 1.78.